The molecule has 0 aromatic carbocycles. The molecule has 0 saturated heterocycles. The third-order valence-electron chi connectivity index (χ3n) is 1.69. The van der Waals surface area contributed by atoms with Gasteiger partial charge in [0.15, 0.2) is 0 Å². The molecule has 0 radical (unpaired) electrons. The first-order chi connectivity index (χ1) is 6.63. The Labute approximate surface area is 83.7 Å². The molecule has 1 heterocycles. The Morgan fingerprint density at radius 1 is 1.50 bits per heavy atom. The standard InChI is InChI=1S/C10H15N3O/c1-7(2)13-9-6-8(4-5-12-9)10(14)11-3/h4-7H,1-3H3,(H,11,14)(H,12,13). The summed E-state index contributed by atoms with van der Waals surface area (Å²) in [6, 6.07) is 3.73. The van der Waals surface area contributed by atoms with Gasteiger partial charge in [-0.15, -0.1) is 0 Å². The number of pyridine rings is 1. The first-order valence-electron chi connectivity index (χ1n) is 4.58. The van der Waals surface area contributed by atoms with E-state index in [0.717, 1.165) is 5.82 Å². The zero-order valence-electron chi connectivity index (χ0n) is 8.66. The molecule has 1 aromatic rings. The van der Waals surface area contributed by atoms with Crippen LogP contribution in [-0.2, 0) is 0 Å². The van der Waals surface area contributed by atoms with Crippen molar-refractivity contribution in [2.24, 2.45) is 0 Å². The fourth-order valence-corrected chi connectivity index (χ4v) is 1.09. The Balaban J connectivity index is 2.84. The second-order valence-electron chi connectivity index (χ2n) is 3.31. The third-order valence-corrected chi connectivity index (χ3v) is 1.69. The van der Waals surface area contributed by atoms with Crippen molar-refractivity contribution in [1.29, 1.82) is 0 Å². The van der Waals surface area contributed by atoms with Gasteiger partial charge in [0.2, 0.25) is 0 Å². The van der Waals surface area contributed by atoms with Crippen LogP contribution in [-0.4, -0.2) is 24.0 Å². The molecule has 4 heteroatoms. The van der Waals surface area contributed by atoms with Crippen LogP contribution in [0.1, 0.15) is 24.2 Å². The minimum atomic E-state index is -0.0980. The molecule has 0 aliphatic heterocycles. The lowest BCUT2D eigenvalue weighted by atomic mass is 10.2. The van der Waals surface area contributed by atoms with Crippen LogP contribution in [0, 0.1) is 0 Å². The average Bonchev–Trinajstić information content (AvgIpc) is 2.16. The van der Waals surface area contributed by atoms with Gasteiger partial charge in [-0.2, -0.15) is 0 Å². The van der Waals surface area contributed by atoms with E-state index in [4.69, 9.17) is 0 Å². The van der Waals surface area contributed by atoms with Crippen LogP contribution in [0.3, 0.4) is 0 Å². The van der Waals surface area contributed by atoms with E-state index in [1.807, 2.05) is 13.8 Å². The molecule has 0 saturated carbocycles. The van der Waals surface area contributed by atoms with E-state index in [-0.39, 0.29) is 5.91 Å². The molecule has 0 aliphatic rings. The summed E-state index contributed by atoms with van der Waals surface area (Å²) in [5.41, 5.74) is 0.616. The maximum Gasteiger partial charge on any atom is 0.251 e. The Kier molecular flexibility index (Phi) is 3.45. The molecular formula is C10H15N3O. The minimum Gasteiger partial charge on any atom is -0.368 e. The van der Waals surface area contributed by atoms with Gasteiger partial charge >= 0.3 is 0 Å². The van der Waals surface area contributed by atoms with Gasteiger partial charge in [-0.3, -0.25) is 4.79 Å². The van der Waals surface area contributed by atoms with Crippen molar-refractivity contribution >= 4 is 11.7 Å². The molecule has 0 atom stereocenters. The highest BCUT2D eigenvalue weighted by Crippen LogP contribution is 2.07. The van der Waals surface area contributed by atoms with Crippen LogP contribution in [0.25, 0.3) is 0 Å². The molecule has 0 bridgehead atoms. The fraction of sp³-hybridized carbons (Fsp3) is 0.400. The second kappa shape index (κ2) is 4.60. The zero-order valence-corrected chi connectivity index (χ0v) is 8.66. The molecule has 0 unspecified atom stereocenters. The number of rotatable bonds is 3. The lowest BCUT2D eigenvalue weighted by molar-refractivity contribution is 0.0963. The smallest absolute Gasteiger partial charge is 0.251 e. The summed E-state index contributed by atoms with van der Waals surface area (Å²) >= 11 is 0. The number of hydrogen-bond donors (Lipinski definition) is 2. The van der Waals surface area contributed by atoms with Gasteiger partial charge in [0, 0.05) is 24.8 Å². The number of carbonyl (C=O) groups is 1. The lowest BCUT2D eigenvalue weighted by Crippen LogP contribution is -2.18. The van der Waals surface area contributed by atoms with Gasteiger partial charge in [0.1, 0.15) is 5.82 Å². The van der Waals surface area contributed by atoms with Gasteiger partial charge in [0.05, 0.1) is 0 Å². The normalized spacial score (nSPS) is 10.0. The maximum absolute atomic E-state index is 11.3. The van der Waals surface area contributed by atoms with Crippen molar-refractivity contribution in [1.82, 2.24) is 10.3 Å². The highest BCUT2D eigenvalue weighted by molar-refractivity contribution is 5.94. The predicted octanol–water partition coefficient (Wildman–Crippen LogP) is 1.26. The van der Waals surface area contributed by atoms with E-state index < -0.39 is 0 Å². The Bertz CT molecular complexity index is 323. The molecule has 0 aliphatic carbocycles. The van der Waals surface area contributed by atoms with Crippen molar-refractivity contribution in [2.75, 3.05) is 12.4 Å². The van der Waals surface area contributed by atoms with Crippen LogP contribution in [0.15, 0.2) is 18.3 Å². The fourth-order valence-electron chi connectivity index (χ4n) is 1.09. The Morgan fingerprint density at radius 2 is 2.21 bits per heavy atom. The summed E-state index contributed by atoms with van der Waals surface area (Å²) in [6.45, 7) is 4.04. The Morgan fingerprint density at radius 3 is 2.79 bits per heavy atom. The number of amides is 1. The number of carbonyl (C=O) groups excluding carboxylic acids is 1. The largest absolute Gasteiger partial charge is 0.368 e. The van der Waals surface area contributed by atoms with Crippen LogP contribution in [0.5, 0.6) is 0 Å². The van der Waals surface area contributed by atoms with Crippen molar-refractivity contribution in [2.45, 2.75) is 19.9 Å². The van der Waals surface area contributed by atoms with E-state index in [2.05, 4.69) is 15.6 Å². The Hall–Kier alpha value is -1.58. The van der Waals surface area contributed by atoms with E-state index in [1.54, 1.807) is 25.4 Å². The van der Waals surface area contributed by atoms with Crippen LogP contribution < -0.4 is 10.6 Å². The summed E-state index contributed by atoms with van der Waals surface area (Å²) in [5.74, 6) is 0.625. The molecule has 0 spiro atoms. The van der Waals surface area contributed by atoms with E-state index >= 15 is 0 Å². The van der Waals surface area contributed by atoms with Crippen molar-refractivity contribution < 1.29 is 4.79 Å². The third kappa shape index (κ3) is 2.73. The first-order valence-corrected chi connectivity index (χ1v) is 4.58. The highest BCUT2D eigenvalue weighted by atomic mass is 16.1. The van der Waals surface area contributed by atoms with Gasteiger partial charge in [-0.1, -0.05) is 0 Å². The number of hydrogen-bond acceptors (Lipinski definition) is 3. The van der Waals surface area contributed by atoms with E-state index in [9.17, 15) is 4.79 Å². The molecule has 76 valence electrons. The minimum absolute atomic E-state index is 0.0980. The van der Waals surface area contributed by atoms with Crippen molar-refractivity contribution in [3.05, 3.63) is 23.9 Å². The molecule has 14 heavy (non-hydrogen) atoms. The molecule has 2 N–H and O–H groups in total. The number of nitrogens with one attached hydrogen (secondary N) is 2. The summed E-state index contributed by atoms with van der Waals surface area (Å²) in [6.07, 6.45) is 1.62. The van der Waals surface area contributed by atoms with Crippen molar-refractivity contribution in [3.63, 3.8) is 0 Å². The van der Waals surface area contributed by atoms with E-state index in [0.29, 0.717) is 11.6 Å². The van der Waals surface area contributed by atoms with Gasteiger partial charge < -0.3 is 10.6 Å². The number of aromatic nitrogens is 1. The molecule has 1 rings (SSSR count). The molecule has 4 nitrogen and oxygen atoms in total. The second-order valence-corrected chi connectivity index (χ2v) is 3.31. The van der Waals surface area contributed by atoms with E-state index in [1.165, 1.54) is 0 Å². The molecule has 0 fully saturated rings. The number of anilines is 1. The van der Waals surface area contributed by atoms with Gasteiger partial charge in [-0.25, -0.2) is 4.98 Å². The predicted molar refractivity (Wildman–Crippen MR) is 56.4 cm³/mol. The number of nitrogens with zero attached hydrogens (tertiary/aromatic N) is 1. The summed E-state index contributed by atoms with van der Waals surface area (Å²) < 4.78 is 0. The SMILES string of the molecule is CNC(=O)c1ccnc(NC(C)C)c1. The lowest BCUT2D eigenvalue weighted by Gasteiger charge is -2.09. The molecule has 1 amide bonds. The quantitative estimate of drug-likeness (QED) is 0.760. The van der Waals surface area contributed by atoms with Gasteiger partial charge in [-0.05, 0) is 26.0 Å². The van der Waals surface area contributed by atoms with Crippen LogP contribution in [0.4, 0.5) is 5.82 Å². The van der Waals surface area contributed by atoms with Gasteiger partial charge in [0.25, 0.3) is 5.91 Å². The maximum atomic E-state index is 11.3. The highest BCUT2D eigenvalue weighted by Gasteiger charge is 2.04. The topological polar surface area (TPSA) is 54.0 Å². The molecular weight excluding hydrogens is 178 g/mol. The zero-order chi connectivity index (χ0) is 10.6. The monoisotopic (exact) mass is 193 g/mol. The summed E-state index contributed by atoms with van der Waals surface area (Å²) in [4.78, 5) is 15.4. The first kappa shape index (κ1) is 10.5. The summed E-state index contributed by atoms with van der Waals surface area (Å²) in [5, 5.41) is 5.70. The van der Waals surface area contributed by atoms with Crippen LogP contribution in [0.2, 0.25) is 0 Å². The average molecular weight is 193 g/mol. The van der Waals surface area contributed by atoms with Crippen LogP contribution >= 0.6 is 0 Å². The summed E-state index contributed by atoms with van der Waals surface area (Å²) in [7, 11) is 1.61. The van der Waals surface area contributed by atoms with Crippen molar-refractivity contribution in [3.8, 4) is 0 Å². The molecule has 1 aromatic heterocycles.